The van der Waals surface area contributed by atoms with Gasteiger partial charge in [-0.05, 0) is 72.6 Å². The van der Waals surface area contributed by atoms with Crippen molar-refractivity contribution in [1.82, 2.24) is 0 Å². The second-order valence-electron chi connectivity index (χ2n) is 8.06. The Kier molecular flexibility index (Phi) is 5.20. The Balaban J connectivity index is 1.62. The Bertz CT molecular complexity index is 826. The maximum atomic E-state index is 12.2. The number of esters is 1. The van der Waals surface area contributed by atoms with Crippen molar-refractivity contribution in [3.05, 3.63) is 64.7 Å². The molecule has 2 aromatic carbocycles. The monoisotopic (exact) mass is 364 g/mol. The summed E-state index contributed by atoms with van der Waals surface area (Å²) < 4.78 is 4.89. The van der Waals surface area contributed by atoms with Gasteiger partial charge in [-0.25, -0.2) is 4.79 Å². The fourth-order valence-electron chi connectivity index (χ4n) is 5.43. The number of benzene rings is 2. The van der Waals surface area contributed by atoms with Gasteiger partial charge in [0.25, 0.3) is 0 Å². The predicted molar refractivity (Wildman–Crippen MR) is 106 cm³/mol. The molecule has 0 heterocycles. The number of hydrogen-bond donors (Lipinski definition) is 1. The summed E-state index contributed by atoms with van der Waals surface area (Å²) in [6.07, 6.45) is 8.35. The van der Waals surface area contributed by atoms with Crippen LogP contribution < -0.4 is 0 Å². The highest BCUT2D eigenvalue weighted by atomic mass is 16.5. The van der Waals surface area contributed by atoms with Crippen LogP contribution in [-0.4, -0.2) is 18.2 Å². The largest absolute Gasteiger partial charge is 0.507 e. The number of hydrogen-bond acceptors (Lipinski definition) is 3. The summed E-state index contributed by atoms with van der Waals surface area (Å²) in [5, 5.41) is 10.2. The van der Waals surface area contributed by atoms with Crippen molar-refractivity contribution in [2.75, 3.05) is 7.11 Å². The average molecular weight is 364 g/mol. The van der Waals surface area contributed by atoms with Crippen LogP contribution in [0.15, 0.2) is 42.5 Å². The first-order valence-electron chi connectivity index (χ1n) is 10.2. The zero-order valence-electron chi connectivity index (χ0n) is 16.0. The molecule has 3 nitrogen and oxygen atoms in total. The van der Waals surface area contributed by atoms with Gasteiger partial charge >= 0.3 is 5.97 Å². The number of rotatable bonds is 4. The molecule has 0 radical (unpaired) electrons. The summed E-state index contributed by atoms with van der Waals surface area (Å²) in [6.45, 7) is 0. The maximum absolute atomic E-state index is 12.2. The fourth-order valence-corrected chi connectivity index (χ4v) is 5.43. The lowest BCUT2D eigenvalue weighted by atomic mass is 9.62. The molecular weight excluding hydrogens is 336 g/mol. The van der Waals surface area contributed by atoms with Gasteiger partial charge in [0.2, 0.25) is 0 Å². The van der Waals surface area contributed by atoms with Crippen molar-refractivity contribution in [3.63, 3.8) is 0 Å². The topological polar surface area (TPSA) is 46.5 Å². The van der Waals surface area contributed by atoms with Crippen LogP contribution in [-0.2, 0) is 17.6 Å². The van der Waals surface area contributed by atoms with Crippen molar-refractivity contribution < 1.29 is 14.6 Å². The van der Waals surface area contributed by atoms with Gasteiger partial charge in [0.05, 0.1) is 7.11 Å². The Hall–Kier alpha value is -2.29. The van der Waals surface area contributed by atoms with E-state index in [-0.39, 0.29) is 5.75 Å². The molecule has 0 aliphatic heterocycles. The summed E-state index contributed by atoms with van der Waals surface area (Å²) in [4.78, 5) is 12.2. The van der Waals surface area contributed by atoms with Crippen LogP contribution in [0.4, 0.5) is 0 Å². The number of aryl methyl sites for hydroxylation is 1. The molecule has 142 valence electrons. The van der Waals surface area contributed by atoms with Crippen molar-refractivity contribution in [1.29, 1.82) is 0 Å². The lowest BCUT2D eigenvalue weighted by Gasteiger charge is -2.43. The zero-order chi connectivity index (χ0) is 18.8. The highest BCUT2D eigenvalue weighted by molar-refractivity contribution is 5.94. The Morgan fingerprint density at radius 1 is 1.11 bits per heavy atom. The number of carbonyl (C=O) groups is 1. The van der Waals surface area contributed by atoms with Gasteiger partial charge in [-0.3, -0.25) is 0 Å². The van der Waals surface area contributed by atoms with Crippen molar-refractivity contribution in [3.8, 4) is 5.75 Å². The molecule has 2 aliphatic rings. The van der Waals surface area contributed by atoms with Crippen LogP contribution in [0, 0.1) is 11.8 Å². The van der Waals surface area contributed by atoms with Gasteiger partial charge in [0, 0.05) is 0 Å². The minimum atomic E-state index is -0.456. The molecule has 2 aliphatic carbocycles. The van der Waals surface area contributed by atoms with Crippen molar-refractivity contribution in [2.24, 2.45) is 11.8 Å². The van der Waals surface area contributed by atoms with Gasteiger partial charge < -0.3 is 9.84 Å². The van der Waals surface area contributed by atoms with E-state index in [0.717, 1.165) is 30.2 Å². The van der Waals surface area contributed by atoms with Gasteiger partial charge in [-0.1, -0.05) is 49.2 Å². The standard InChI is InChI=1S/C24H28O3/c1-27-24(26)23-16(9-6-12-22(23)25)13-14-21-19-10-4-2-7-17(19)15-18-8-3-5-11-20(18)21/h2,4,6-7,9-10,12,18,20-21,25H,3,5,8,11,13-15H2,1H3/t18-,20-,21-/m1/s1. The van der Waals surface area contributed by atoms with Crippen LogP contribution >= 0.6 is 0 Å². The molecule has 0 spiro atoms. The normalized spacial score (nSPS) is 24.0. The van der Waals surface area contributed by atoms with E-state index < -0.39 is 5.97 Å². The van der Waals surface area contributed by atoms with E-state index in [9.17, 15) is 9.90 Å². The average Bonchev–Trinajstić information content (AvgIpc) is 2.70. The third kappa shape index (κ3) is 3.47. The molecule has 4 rings (SSSR count). The highest BCUT2D eigenvalue weighted by Crippen LogP contribution is 2.48. The second-order valence-corrected chi connectivity index (χ2v) is 8.06. The van der Waals surface area contributed by atoms with Crippen LogP contribution in [0.3, 0.4) is 0 Å². The van der Waals surface area contributed by atoms with E-state index in [1.165, 1.54) is 50.3 Å². The number of phenolic OH excluding ortho intramolecular Hbond substituents is 1. The first kappa shape index (κ1) is 18.1. The molecule has 1 fully saturated rings. The van der Waals surface area contributed by atoms with Crippen molar-refractivity contribution in [2.45, 2.75) is 50.9 Å². The molecule has 27 heavy (non-hydrogen) atoms. The molecule has 0 unspecified atom stereocenters. The van der Waals surface area contributed by atoms with Gasteiger partial charge in [0.1, 0.15) is 11.3 Å². The first-order valence-corrected chi connectivity index (χ1v) is 10.2. The zero-order valence-corrected chi connectivity index (χ0v) is 16.0. The highest BCUT2D eigenvalue weighted by Gasteiger charge is 2.37. The Morgan fingerprint density at radius 2 is 1.93 bits per heavy atom. The molecule has 0 saturated heterocycles. The molecule has 2 aromatic rings. The summed E-state index contributed by atoms with van der Waals surface area (Å²) in [5.41, 5.74) is 4.22. The minimum Gasteiger partial charge on any atom is -0.507 e. The van der Waals surface area contributed by atoms with Crippen molar-refractivity contribution >= 4 is 5.97 Å². The molecule has 0 amide bonds. The van der Waals surface area contributed by atoms with Crippen LogP contribution in [0.1, 0.15) is 65.1 Å². The second kappa shape index (κ2) is 7.75. The fraction of sp³-hybridized carbons (Fsp3) is 0.458. The third-order valence-electron chi connectivity index (χ3n) is 6.66. The van der Waals surface area contributed by atoms with Gasteiger partial charge in [-0.15, -0.1) is 0 Å². The Labute approximate surface area is 161 Å². The maximum Gasteiger partial charge on any atom is 0.341 e. The number of carbonyl (C=O) groups excluding carboxylic acids is 1. The molecule has 1 N–H and O–H groups in total. The number of phenols is 1. The molecule has 3 heteroatoms. The summed E-state index contributed by atoms with van der Waals surface area (Å²) in [7, 11) is 1.36. The summed E-state index contributed by atoms with van der Waals surface area (Å²) in [5.74, 6) is 1.63. The minimum absolute atomic E-state index is 0.0129. The van der Waals surface area contributed by atoms with E-state index in [0.29, 0.717) is 11.5 Å². The van der Waals surface area contributed by atoms with E-state index in [1.807, 2.05) is 12.1 Å². The van der Waals surface area contributed by atoms with Gasteiger partial charge in [-0.2, -0.15) is 0 Å². The van der Waals surface area contributed by atoms with E-state index in [2.05, 4.69) is 24.3 Å². The molecule has 0 bridgehead atoms. The quantitative estimate of drug-likeness (QED) is 0.753. The third-order valence-corrected chi connectivity index (χ3v) is 6.66. The predicted octanol–water partition coefficient (Wildman–Crippen LogP) is 5.26. The molecule has 1 saturated carbocycles. The SMILES string of the molecule is COC(=O)c1c(O)cccc1CC[C@@H]1c2ccccc2C[C@H]2CCCC[C@H]21. The first-order chi connectivity index (χ1) is 13.2. The number of fused-ring (bicyclic) bond motifs is 2. The number of ether oxygens (including phenoxy) is 1. The Morgan fingerprint density at radius 3 is 2.78 bits per heavy atom. The molecule has 0 aromatic heterocycles. The van der Waals surface area contributed by atoms with Gasteiger partial charge in [0.15, 0.2) is 0 Å². The lowest BCUT2D eigenvalue weighted by Crippen LogP contribution is -2.32. The van der Waals surface area contributed by atoms with E-state index >= 15 is 0 Å². The summed E-state index contributed by atoms with van der Waals surface area (Å²) >= 11 is 0. The van der Waals surface area contributed by atoms with Crippen LogP contribution in [0.2, 0.25) is 0 Å². The lowest BCUT2D eigenvalue weighted by molar-refractivity contribution is 0.0596. The number of methoxy groups -OCH3 is 1. The molecule has 3 atom stereocenters. The summed E-state index contributed by atoms with van der Waals surface area (Å²) in [6, 6.07) is 14.2. The van der Waals surface area contributed by atoms with E-state index in [1.54, 1.807) is 6.07 Å². The molecular formula is C24H28O3. The van der Waals surface area contributed by atoms with Crippen LogP contribution in [0.25, 0.3) is 0 Å². The van der Waals surface area contributed by atoms with Crippen LogP contribution in [0.5, 0.6) is 5.75 Å². The number of aromatic hydroxyl groups is 1. The smallest absolute Gasteiger partial charge is 0.341 e. The van der Waals surface area contributed by atoms with E-state index in [4.69, 9.17) is 4.74 Å².